The van der Waals surface area contributed by atoms with Gasteiger partial charge in [-0.1, -0.05) is 27.7 Å². The Bertz CT molecular complexity index is 304. The lowest BCUT2D eigenvalue weighted by Gasteiger charge is -2.37. The average Bonchev–Trinajstić information content (AvgIpc) is 2.91. The quantitative estimate of drug-likeness (QED) is 0.816. The molecule has 1 heterocycles. The van der Waals surface area contributed by atoms with Crippen molar-refractivity contribution in [2.45, 2.75) is 65.5 Å². The molecule has 0 radical (unpaired) electrons. The number of hydrogen-bond donors (Lipinski definition) is 1. The molecule has 1 saturated heterocycles. The molecule has 2 aliphatic rings. The van der Waals surface area contributed by atoms with Crippen molar-refractivity contribution in [2.75, 3.05) is 32.7 Å². The topological polar surface area (TPSA) is 26.7 Å². The Balaban J connectivity index is 1.84. The molecular formula is C18H36N2O. The summed E-state index contributed by atoms with van der Waals surface area (Å²) in [5, 5.41) is 10.4. The number of aliphatic hydroxyl groups excluding tert-OH is 1. The molecule has 4 unspecified atom stereocenters. The van der Waals surface area contributed by atoms with E-state index in [0.29, 0.717) is 5.92 Å². The van der Waals surface area contributed by atoms with Crippen LogP contribution >= 0.6 is 0 Å². The van der Waals surface area contributed by atoms with E-state index in [1.54, 1.807) is 0 Å². The zero-order valence-electron chi connectivity index (χ0n) is 14.6. The minimum absolute atomic E-state index is 0.0625. The maximum atomic E-state index is 10.4. The first kappa shape index (κ1) is 17.2. The van der Waals surface area contributed by atoms with Crippen molar-refractivity contribution in [2.24, 2.45) is 17.8 Å². The van der Waals surface area contributed by atoms with Gasteiger partial charge in [-0.05, 0) is 63.1 Å². The predicted molar refractivity (Wildman–Crippen MR) is 89.4 cm³/mol. The summed E-state index contributed by atoms with van der Waals surface area (Å²) in [4.78, 5) is 5.20. The van der Waals surface area contributed by atoms with E-state index in [0.717, 1.165) is 43.9 Å². The van der Waals surface area contributed by atoms with Crippen molar-refractivity contribution in [1.29, 1.82) is 0 Å². The third kappa shape index (κ3) is 4.43. The monoisotopic (exact) mass is 296 g/mol. The maximum Gasteiger partial charge on any atom is 0.0580 e. The summed E-state index contributed by atoms with van der Waals surface area (Å²) >= 11 is 0. The first-order valence-corrected chi connectivity index (χ1v) is 9.19. The molecule has 1 aliphatic heterocycles. The van der Waals surface area contributed by atoms with Crippen LogP contribution in [0.2, 0.25) is 0 Å². The first-order valence-electron chi connectivity index (χ1n) is 9.19. The molecular weight excluding hydrogens is 260 g/mol. The summed E-state index contributed by atoms with van der Waals surface area (Å²) in [5.74, 6) is 2.09. The Labute approximate surface area is 131 Å². The zero-order valence-corrected chi connectivity index (χ0v) is 14.6. The number of hydrogen-bond acceptors (Lipinski definition) is 3. The smallest absolute Gasteiger partial charge is 0.0580 e. The lowest BCUT2D eigenvalue weighted by Crippen LogP contribution is -2.41. The van der Waals surface area contributed by atoms with Crippen LogP contribution in [0, 0.1) is 17.8 Å². The third-order valence-corrected chi connectivity index (χ3v) is 5.99. The molecule has 21 heavy (non-hydrogen) atoms. The van der Waals surface area contributed by atoms with Gasteiger partial charge in [-0.25, -0.2) is 0 Å². The van der Waals surface area contributed by atoms with E-state index in [1.165, 1.54) is 32.4 Å². The fraction of sp³-hybridized carbons (Fsp3) is 1.00. The Morgan fingerprint density at radius 3 is 2.48 bits per heavy atom. The highest BCUT2D eigenvalue weighted by atomic mass is 16.3. The van der Waals surface area contributed by atoms with Crippen molar-refractivity contribution in [3.05, 3.63) is 0 Å². The molecule has 3 nitrogen and oxygen atoms in total. The van der Waals surface area contributed by atoms with Gasteiger partial charge in [-0.3, -0.25) is 4.90 Å². The van der Waals surface area contributed by atoms with Crippen LogP contribution in [0.5, 0.6) is 0 Å². The molecule has 0 aromatic heterocycles. The fourth-order valence-corrected chi connectivity index (χ4v) is 4.43. The van der Waals surface area contributed by atoms with Crippen LogP contribution in [-0.2, 0) is 0 Å². The van der Waals surface area contributed by atoms with Crippen molar-refractivity contribution >= 4 is 0 Å². The van der Waals surface area contributed by atoms with Gasteiger partial charge in [0.1, 0.15) is 0 Å². The van der Waals surface area contributed by atoms with Crippen LogP contribution < -0.4 is 0 Å². The SMILES string of the molecule is CCN(CC)C1CCN(CC2CC(C(C)C)CCC2O)C1. The molecule has 2 fully saturated rings. The molecule has 4 atom stereocenters. The van der Waals surface area contributed by atoms with Gasteiger partial charge in [0, 0.05) is 19.1 Å². The summed E-state index contributed by atoms with van der Waals surface area (Å²) in [6.45, 7) is 15.1. The highest BCUT2D eigenvalue weighted by Crippen LogP contribution is 2.35. The fourth-order valence-electron chi connectivity index (χ4n) is 4.43. The van der Waals surface area contributed by atoms with E-state index >= 15 is 0 Å². The summed E-state index contributed by atoms with van der Waals surface area (Å²) in [7, 11) is 0. The second kappa shape index (κ2) is 7.94. The third-order valence-electron chi connectivity index (χ3n) is 5.99. The molecule has 2 rings (SSSR count). The summed E-state index contributed by atoms with van der Waals surface area (Å²) in [6, 6.07) is 0.738. The van der Waals surface area contributed by atoms with Gasteiger partial charge in [0.05, 0.1) is 6.10 Å². The zero-order chi connectivity index (χ0) is 15.4. The van der Waals surface area contributed by atoms with Gasteiger partial charge in [0.25, 0.3) is 0 Å². The van der Waals surface area contributed by atoms with Crippen LogP contribution in [0.3, 0.4) is 0 Å². The molecule has 0 spiro atoms. The van der Waals surface area contributed by atoms with Gasteiger partial charge in [-0.2, -0.15) is 0 Å². The van der Waals surface area contributed by atoms with Crippen LogP contribution in [0.25, 0.3) is 0 Å². The summed E-state index contributed by atoms with van der Waals surface area (Å²) in [5.41, 5.74) is 0. The number of rotatable bonds is 6. The van der Waals surface area contributed by atoms with Gasteiger partial charge in [0.2, 0.25) is 0 Å². The maximum absolute atomic E-state index is 10.4. The van der Waals surface area contributed by atoms with Crippen LogP contribution in [0.15, 0.2) is 0 Å². The second-order valence-corrected chi connectivity index (χ2v) is 7.57. The lowest BCUT2D eigenvalue weighted by atomic mass is 9.74. The van der Waals surface area contributed by atoms with E-state index in [1.807, 2.05) is 0 Å². The second-order valence-electron chi connectivity index (χ2n) is 7.57. The molecule has 3 heteroatoms. The number of nitrogens with zero attached hydrogens (tertiary/aromatic N) is 2. The van der Waals surface area contributed by atoms with E-state index in [9.17, 15) is 5.11 Å². The van der Waals surface area contributed by atoms with Gasteiger partial charge < -0.3 is 10.0 Å². The minimum atomic E-state index is -0.0625. The average molecular weight is 296 g/mol. The van der Waals surface area contributed by atoms with E-state index in [-0.39, 0.29) is 6.10 Å². The molecule has 0 amide bonds. The Hall–Kier alpha value is -0.120. The normalized spacial score (nSPS) is 35.0. The lowest BCUT2D eigenvalue weighted by molar-refractivity contribution is 0.0210. The van der Waals surface area contributed by atoms with Crippen molar-refractivity contribution in [3.63, 3.8) is 0 Å². The molecule has 1 saturated carbocycles. The van der Waals surface area contributed by atoms with Crippen LogP contribution in [0.1, 0.15) is 53.4 Å². The van der Waals surface area contributed by atoms with Crippen LogP contribution in [-0.4, -0.2) is 59.8 Å². The molecule has 1 N–H and O–H groups in total. The molecule has 0 bridgehead atoms. The number of aliphatic hydroxyl groups is 1. The first-order chi connectivity index (χ1) is 10.0. The summed E-state index contributed by atoms with van der Waals surface area (Å²) in [6.07, 6.45) is 4.70. The predicted octanol–water partition coefficient (Wildman–Crippen LogP) is 2.84. The Kier molecular flexibility index (Phi) is 6.51. The van der Waals surface area contributed by atoms with E-state index in [4.69, 9.17) is 0 Å². The molecule has 124 valence electrons. The number of likely N-dealkylation sites (N-methyl/N-ethyl adjacent to an activating group) is 1. The van der Waals surface area contributed by atoms with Gasteiger partial charge in [0.15, 0.2) is 0 Å². The standard InChI is InChI=1S/C18H36N2O/c1-5-20(6-2)17-9-10-19(13-17)12-16-11-15(14(3)4)7-8-18(16)21/h14-18,21H,5-13H2,1-4H3. The Morgan fingerprint density at radius 2 is 1.86 bits per heavy atom. The number of likely N-dealkylation sites (tertiary alicyclic amines) is 1. The van der Waals surface area contributed by atoms with E-state index in [2.05, 4.69) is 37.5 Å². The Morgan fingerprint density at radius 1 is 1.14 bits per heavy atom. The highest BCUT2D eigenvalue weighted by Gasteiger charge is 2.34. The minimum Gasteiger partial charge on any atom is -0.393 e. The van der Waals surface area contributed by atoms with Crippen molar-refractivity contribution in [3.8, 4) is 0 Å². The molecule has 1 aliphatic carbocycles. The van der Waals surface area contributed by atoms with Gasteiger partial charge in [-0.15, -0.1) is 0 Å². The molecule has 0 aromatic carbocycles. The van der Waals surface area contributed by atoms with Crippen molar-refractivity contribution < 1.29 is 5.11 Å². The van der Waals surface area contributed by atoms with Crippen molar-refractivity contribution in [1.82, 2.24) is 9.80 Å². The highest BCUT2D eigenvalue weighted by molar-refractivity contribution is 4.88. The summed E-state index contributed by atoms with van der Waals surface area (Å²) < 4.78 is 0. The largest absolute Gasteiger partial charge is 0.393 e. The molecule has 0 aromatic rings. The van der Waals surface area contributed by atoms with E-state index < -0.39 is 0 Å². The van der Waals surface area contributed by atoms with Gasteiger partial charge >= 0.3 is 0 Å². The van der Waals surface area contributed by atoms with Crippen LogP contribution in [0.4, 0.5) is 0 Å².